The number of carbonyl (C=O) groups excluding carboxylic acids is 3. The number of ether oxygens (including phenoxy) is 1. The summed E-state index contributed by atoms with van der Waals surface area (Å²) >= 11 is 0. The van der Waals surface area contributed by atoms with E-state index in [0.29, 0.717) is 5.56 Å². The highest BCUT2D eigenvalue weighted by molar-refractivity contribution is 5.99. The lowest BCUT2D eigenvalue weighted by Gasteiger charge is -2.16. The average molecular weight is 342 g/mol. The summed E-state index contributed by atoms with van der Waals surface area (Å²) in [6.07, 6.45) is 1.43. The van der Waals surface area contributed by atoms with Crippen molar-refractivity contribution < 1.29 is 19.1 Å². The van der Waals surface area contributed by atoms with E-state index in [1.807, 2.05) is 39.0 Å². The zero-order chi connectivity index (χ0) is 18.6. The highest BCUT2D eigenvalue weighted by Gasteiger charge is 2.16. The predicted octanol–water partition coefficient (Wildman–Crippen LogP) is 3.44. The minimum Gasteiger partial charge on any atom is -0.451 e. The maximum absolute atomic E-state index is 12.1. The number of benzene rings is 1. The van der Waals surface area contributed by atoms with Gasteiger partial charge in [0.25, 0.3) is 5.91 Å². The molecule has 1 amide bonds. The Morgan fingerprint density at radius 3 is 2.56 bits per heavy atom. The maximum Gasteiger partial charge on any atom is 0.355 e. The summed E-state index contributed by atoms with van der Waals surface area (Å²) in [7, 11) is 0. The van der Waals surface area contributed by atoms with Crippen molar-refractivity contribution in [1.29, 1.82) is 0 Å². The molecule has 0 unspecified atom stereocenters. The third-order valence-corrected chi connectivity index (χ3v) is 3.84. The molecule has 25 heavy (non-hydrogen) atoms. The van der Waals surface area contributed by atoms with E-state index < -0.39 is 18.5 Å². The number of ketones is 1. The maximum atomic E-state index is 12.1. The number of Topliss-reactive ketones (excluding diaryl/α,β-unsaturated/α-hetero) is 1. The first-order valence-electron chi connectivity index (χ1n) is 8.05. The second kappa shape index (κ2) is 7.79. The Balaban J connectivity index is 1.99. The van der Waals surface area contributed by atoms with Crippen LogP contribution in [0.2, 0.25) is 0 Å². The van der Waals surface area contributed by atoms with Crippen molar-refractivity contribution in [3.05, 3.63) is 52.8 Å². The van der Waals surface area contributed by atoms with Crippen LogP contribution in [0.25, 0.3) is 0 Å². The van der Waals surface area contributed by atoms with Crippen LogP contribution < -0.4 is 5.32 Å². The number of rotatable bonds is 6. The van der Waals surface area contributed by atoms with Crippen LogP contribution in [0.4, 0.5) is 5.69 Å². The number of nitrogens with one attached hydrogen (secondary N) is 2. The fraction of sp³-hybridized carbons (Fsp3) is 0.316. The van der Waals surface area contributed by atoms with E-state index >= 15 is 0 Å². The van der Waals surface area contributed by atoms with E-state index in [1.165, 1.54) is 19.2 Å². The quantitative estimate of drug-likeness (QED) is 0.622. The van der Waals surface area contributed by atoms with Crippen LogP contribution in [0.3, 0.4) is 0 Å². The van der Waals surface area contributed by atoms with Crippen LogP contribution in [-0.4, -0.2) is 29.3 Å². The lowest BCUT2D eigenvalue weighted by Crippen LogP contribution is -2.22. The van der Waals surface area contributed by atoms with Crippen molar-refractivity contribution >= 4 is 23.3 Å². The minimum atomic E-state index is -0.684. The third kappa shape index (κ3) is 4.56. The van der Waals surface area contributed by atoms with Gasteiger partial charge in [-0.25, -0.2) is 4.79 Å². The van der Waals surface area contributed by atoms with E-state index in [1.54, 1.807) is 0 Å². The van der Waals surface area contributed by atoms with Gasteiger partial charge in [0.15, 0.2) is 12.4 Å². The second-order valence-electron chi connectivity index (χ2n) is 6.18. The van der Waals surface area contributed by atoms with Crippen LogP contribution in [-0.2, 0) is 9.53 Å². The number of amides is 1. The lowest BCUT2D eigenvalue weighted by molar-refractivity contribution is -0.119. The number of carbonyl (C=O) groups is 3. The SMILES string of the molecule is CC(=O)c1c[nH]c(C(=O)OCC(=O)Nc2c(C)cccc2C(C)C)c1. The van der Waals surface area contributed by atoms with Gasteiger partial charge in [-0.15, -0.1) is 0 Å². The van der Waals surface area contributed by atoms with Crippen molar-refractivity contribution in [3.8, 4) is 0 Å². The molecule has 6 heteroatoms. The highest BCUT2D eigenvalue weighted by atomic mass is 16.5. The summed E-state index contributed by atoms with van der Waals surface area (Å²) in [6, 6.07) is 7.22. The number of esters is 1. The molecule has 1 aromatic heterocycles. The van der Waals surface area contributed by atoms with Crippen molar-refractivity contribution in [2.24, 2.45) is 0 Å². The Morgan fingerprint density at radius 1 is 1.24 bits per heavy atom. The number of H-pyrrole nitrogens is 1. The topological polar surface area (TPSA) is 88.3 Å². The molecule has 2 N–H and O–H groups in total. The zero-order valence-corrected chi connectivity index (χ0v) is 14.8. The van der Waals surface area contributed by atoms with Crippen LogP contribution >= 0.6 is 0 Å². The molecule has 6 nitrogen and oxygen atoms in total. The van der Waals surface area contributed by atoms with E-state index in [0.717, 1.165) is 16.8 Å². The van der Waals surface area contributed by atoms with Crippen molar-refractivity contribution in [2.45, 2.75) is 33.6 Å². The second-order valence-corrected chi connectivity index (χ2v) is 6.18. The summed E-state index contributed by atoms with van der Waals surface area (Å²) in [5, 5.41) is 2.81. The van der Waals surface area contributed by atoms with Crippen molar-refractivity contribution in [2.75, 3.05) is 11.9 Å². The van der Waals surface area contributed by atoms with Gasteiger partial charge in [-0.2, -0.15) is 0 Å². The van der Waals surface area contributed by atoms with Crippen LogP contribution in [0.15, 0.2) is 30.5 Å². The summed E-state index contributed by atoms with van der Waals surface area (Å²) in [5.41, 5.74) is 3.24. The molecule has 1 heterocycles. The molecule has 0 aliphatic heterocycles. The van der Waals surface area contributed by atoms with Gasteiger partial charge < -0.3 is 15.0 Å². The molecule has 1 aromatic carbocycles. The highest BCUT2D eigenvalue weighted by Crippen LogP contribution is 2.27. The van der Waals surface area contributed by atoms with Crippen LogP contribution in [0.1, 0.15) is 58.7 Å². The van der Waals surface area contributed by atoms with Gasteiger partial charge in [0.1, 0.15) is 5.69 Å². The first-order valence-corrected chi connectivity index (χ1v) is 8.05. The number of aryl methyl sites for hydroxylation is 1. The fourth-order valence-electron chi connectivity index (χ4n) is 2.44. The van der Waals surface area contributed by atoms with Crippen molar-refractivity contribution in [1.82, 2.24) is 4.98 Å². The molecule has 132 valence electrons. The zero-order valence-electron chi connectivity index (χ0n) is 14.8. The monoisotopic (exact) mass is 342 g/mol. The normalized spacial score (nSPS) is 10.6. The molecule has 0 atom stereocenters. The standard InChI is InChI=1S/C19H22N2O4/c1-11(2)15-7-5-6-12(3)18(15)21-17(23)10-25-19(24)16-8-14(9-20-16)13(4)22/h5-9,11,20H,10H2,1-4H3,(H,21,23). The molecule has 0 saturated heterocycles. The van der Waals surface area contributed by atoms with Gasteiger partial charge in [0.05, 0.1) is 0 Å². The number of hydrogen-bond donors (Lipinski definition) is 2. The number of anilines is 1. The molecular formula is C19H22N2O4. The average Bonchev–Trinajstić information content (AvgIpc) is 3.04. The van der Waals surface area contributed by atoms with E-state index in [9.17, 15) is 14.4 Å². The Hall–Kier alpha value is -2.89. The molecule has 0 bridgehead atoms. The van der Waals surface area contributed by atoms with Crippen molar-refractivity contribution in [3.63, 3.8) is 0 Å². The van der Waals surface area contributed by atoms with Gasteiger partial charge in [-0.05, 0) is 37.0 Å². The fourth-order valence-corrected chi connectivity index (χ4v) is 2.44. The smallest absolute Gasteiger partial charge is 0.355 e. The summed E-state index contributed by atoms with van der Waals surface area (Å²) in [4.78, 5) is 38.0. The molecule has 2 aromatic rings. The molecule has 0 aliphatic rings. The lowest BCUT2D eigenvalue weighted by atomic mass is 9.98. The third-order valence-electron chi connectivity index (χ3n) is 3.84. The number of hydrogen-bond acceptors (Lipinski definition) is 4. The molecular weight excluding hydrogens is 320 g/mol. The first kappa shape index (κ1) is 18.4. The molecule has 0 spiro atoms. The number of aromatic nitrogens is 1. The molecule has 0 fully saturated rings. The molecule has 2 rings (SSSR count). The van der Waals surface area contributed by atoms with Gasteiger partial charge in [0.2, 0.25) is 0 Å². The van der Waals surface area contributed by atoms with Gasteiger partial charge >= 0.3 is 5.97 Å². The van der Waals surface area contributed by atoms with Gasteiger partial charge in [0, 0.05) is 17.4 Å². The minimum absolute atomic E-state index is 0.136. The van der Waals surface area contributed by atoms with Crippen LogP contribution in [0, 0.1) is 6.92 Å². The summed E-state index contributed by atoms with van der Waals surface area (Å²) < 4.78 is 5.00. The summed E-state index contributed by atoms with van der Waals surface area (Å²) in [5.74, 6) is -1.00. The Labute approximate surface area is 146 Å². The predicted molar refractivity (Wildman–Crippen MR) is 95.0 cm³/mol. The van der Waals surface area contributed by atoms with Crippen LogP contribution in [0.5, 0.6) is 0 Å². The molecule has 0 aliphatic carbocycles. The van der Waals surface area contributed by atoms with Gasteiger partial charge in [-0.1, -0.05) is 32.0 Å². The molecule has 0 saturated carbocycles. The van der Waals surface area contributed by atoms with E-state index in [4.69, 9.17) is 4.74 Å². The number of para-hydroxylation sites is 1. The largest absolute Gasteiger partial charge is 0.451 e. The molecule has 0 radical (unpaired) electrons. The Kier molecular flexibility index (Phi) is 5.75. The summed E-state index contributed by atoms with van der Waals surface area (Å²) in [6.45, 7) is 7.00. The van der Waals surface area contributed by atoms with E-state index in [2.05, 4.69) is 10.3 Å². The van der Waals surface area contributed by atoms with Gasteiger partial charge in [-0.3, -0.25) is 9.59 Å². The number of aromatic amines is 1. The van der Waals surface area contributed by atoms with E-state index in [-0.39, 0.29) is 17.4 Å². The Morgan fingerprint density at radius 2 is 1.96 bits per heavy atom. The Bertz CT molecular complexity index is 806. The first-order chi connectivity index (χ1) is 11.8.